The van der Waals surface area contributed by atoms with Gasteiger partial charge in [0.05, 0.1) is 17.4 Å². The van der Waals surface area contributed by atoms with Gasteiger partial charge in [0, 0.05) is 30.9 Å². The number of amides is 1. The van der Waals surface area contributed by atoms with Crippen molar-refractivity contribution in [2.45, 2.75) is 13.3 Å². The van der Waals surface area contributed by atoms with Gasteiger partial charge in [0.15, 0.2) is 0 Å². The van der Waals surface area contributed by atoms with Gasteiger partial charge in [-0.3, -0.25) is 4.79 Å². The van der Waals surface area contributed by atoms with E-state index in [9.17, 15) is 4.79 Å². The van der Waals surface area contributed by atoms with Gasteiger partial charge in [-0.2, -0.15) is 0 Å². The fourth-order valence-corrected chi connectivity index (χ4v) is 2.76. The van der Waals surface area contributed by atoms with Crippen LogP contribution in [-0.2, 0) is 0 Å². The van der Waals surface area contributed by atoms with E-state index in [0.717, 1.165) is 30.5 Å². The zero-order chi connectivity index (χ0) is 16.8. The Morgan fingerprint density at radius 3 is 2.83 bits per heavy atom. The highest BCUT2D eigenvalue weighted by Gasteiger charge is 2.08. The third kappa shape index (κ3) is 3.74. The minimum atomic E-state index is -0.0470. The van der Waals surface area contributed by atoms with Crippen LogP contribution in [0.1, 0.15) is 23.7 Å². The number of imidazole rings is 1. The summed E-state index contributed by atoms with van der Waals surface area (Å²) in [6.45, 7) is 4.67. The highest BCUT2D eigenvalue weighted by atomic mass is 16.1. The third-order valence-corrected chi connectivity index (χ3v) is 4.08. The molecule has 0 aliphatic carbocycles. The molecular formula is C19H22N4O. The molecule has 0 radical (unpaired) electrons. The minimum absolute atomic E-state index is 0.0470. The molecule has 2 aromatic carbocycles. The van der Waals surface area contributed by atoms with Crippen molar-refractivity contribution in [3.05, 3.63) is 60.4 Å². The molecule has 124 valence electrons. The molecule has 1 heterocycles. The molecule has 0 aliphatic rings. The number of H-pyrrole nitrogens is 1. The largest absolute Gasteiger partial charge is 0.372 e. The fourth-order valence-electron chi connectivity index (χ4n) is 2.76. The number of fused-ring (bicyclic) bond motifs is 1. The number of nitrogens with zero attached hydrogens (tertiary/aromatic N) is 2. The van der Waals surface area contributed by atoms with Crippen LogP contribution in [0, 0.1) is 0 Å². The van der Waals surface area contributed by atoms with E-state index in [1.54, 1.807) is 12.4 Å². The Morgan fingerprint density at radius 1 is 1.21 bits per heavy atom. The molecule has 2 N–H and O–H groups in total. The molecule has 0 unspecified atom stereocenters. The van der Waals surface area contributed by atoms with Crippen LogP contribution in [0.4, 0.5) is 5.69 Å². The van der Waals surface area contributed by atoms with Crippen molar-refractivity contribution in [2.75, 3.05) is 24.5 Å². The number of nitrogens with one attached hydrogen (secondary N) is 2. The van der Waals surface area contributed by atoms with Crippen molar-refractivity contribution < 1.29 is 4.79 Å². The summed E-state index contributed by atoms with van der Waals surface area (Å²) in [4.78, 5) is 21.7. The van der Waals surface area contributed by atoms with Crippen LogP contribution in [-0.4, -0.2) is 35.5 Å². The molecule has 0 saturated heterocycles. The van der Waals surface area contributed by atoms with Crippen LogP contribution in [0.25, 0.3) is 11.0 Å². The van der Waals surface area contributed by atoms with Gasteiger partial charge in [-0.15, -0.1) is 0 Å². The Hall–Kier alpha value is -2.82. The van der Waals surface area contributed by atoms with E-state index in [1.165, 1.54) is 5.69 Å². The Labute approximate surface area is 141 Å². The Balaban J connectivity index is 1.49. The molecule has 0 atom stereocenters. The van der Waals surface area contributed by atoms with E-state index < -0.39 is 0 Å². The van der Waals surface area contributed by atoms with Crippen molar-refractivity contribution in [3.8, 4) is 0 Å². The first-order chi connectivity index (χ1) is 11.8. The average molecular weight is 322 g/mol. The van der Waals surface area contributed by atoms with Gasteiger partial charge >= 0.3 is 0 Å². The van der Waals surface area contributed by atoms with Crippen molar-refractivity contribution in [2.24, 2.45) is 0 Å². The number of carbonyl (C=O) groups excluding carboxylic acids is 1. The van der Waals surface area contributed by atoms with Crippen molar-refractivity contribution >= 4 is 22.6 Å². The maximum atomic E-state index is 12.2. The second-order valence-electron chi connectivity index (χ2n) is 5.66. The average Bonchev–Trinajstić information content (AvgIpc) is 3.10. The predicted molar refractivity (Wildman–Crippen MR) is 97.4 cm³/mol. The van der Waals surface area contributed by atoms with E-state index in [-0.39, 0.29) is 5.91 Å². The fraction of sp³-hybridized carbons (Fsp3) is 0.263. The van der Waals surface area contributed by atoms with E-state index in [4.69, 9.17) is 0 Å². The number of carbonyl (C=O) groups is 1. The lowest BCUT2D eigenvalue weighted by atomic mass is 10.2. The first-order valence-corrected chi connectivity index (χ1v) is 8.29. The topological polar surface area (TPSA) is 61.0 Å². The molecule has 0 fully saturated rings. The van der Waals surface area contributed by atoms with Crippen LogP contribution in [0.5, 0.6) is 0 Å². The molecule has 5 heteroatoms. The van der Waals surface area contributed by atoms with E-state index in [0.29, 0.717) is 12.1 Å². The highest BCUT2D eigenvalue weighted by molar-refractivity contribution is 5.97. The normalized spacial score (nSPS) is 10.7. The van der Waals surface area contributed by atoms with E-state index >= 15 is 0 Å². The minimum Gasteiger partial charge on any atom is -0.372 e. The van der Waals surface area contributed by atoms with E-state index in [1.807, 2.05) is 30.3 Å². The standard InChI is InChI=1S/C19H22N4O/c1-2-23(16-7-4-3-5-8-16)12-6-11-20-19(24)15-9-10-17-18(13-15)22-14-21-17/h3-5,7-10,13-14H,2,6,11-12H2,1H3,(H,20,24)(H,21,22). The summed E-state index contributed by atoms with van der Waals surface area (Å²) in [5.41, 5.74) is 3.62. The molecule has 0 bridgehead atoms. The smallest absolute Gasteiger partial charge is 0.251 e. The van der Waals surface area contributed by atoms with Gasteiger partial charge in [-0.05, 0) is 43.7 Å². The van der Waals surface area contributed by atoms with Crippen LogP contribution in [0.15, 0.2) is 54.9 Å². The number of hydrogen-bond donors (Lipinski definition) is 2. The van der Waals surface area contributed by atoms with Crippen molar-refractivity contribution in [1.29, 1.82) is 0 Å². The first-order valence-electron chi connectivity index (χ1n) is 8.29. The number of benzene rings is 2. The van der Waals surface area contributed by atoms with Gasteiger partial charge in [-0.25, -0.2) is 4.98 Å². The van der Waals surface area contributed by atoms with E-state index in [2.05, 4.69) is 39.2 Å². The number of aromatic nitrogens is 2. The molecule has 0 spiro atoms. The van der Waals surface area contributed by atoms with Gasteiger partial charge in [0.1, 0.15) is 0 Å². The molecular weight excluding hydrogens is 300 g/mol. The lowest BCUT2D eigenvalue weighted by Crippen LogP contribution is -2.29. The molecule has 5 nitrogen and oxygen atoms in total. The molecule has 0 saturated carbocycles. The molecule has 3 aromatic rings. The maximum Gasteiger partial charge on any atom is 0.251 e. The second-order valence-corrected chi connectivity index (χ2v) is 5.66. The second kappa shape index (κ2) is 7.64. The maximum absolute atomic E-state index is 12.2. The Kier molecular flexibility index (Phi) is 5.11. The predicted octanol–water partition coefficient (Wildman–Crippen LogP) is 3.21. The Morgan fingerprint density at radius 2 is 2.04 bits per heavy atom. The highest BCUT2D eigenvalue weighted by Crippen LogP contribution is 2.13. The summed E-state index contributed by atoms with van der Waals surface area (Å²) in [5, 5.41) is 2.99. The van der Waals surface area contributed by atoms with Crippen molar-refractivity contribution in [3.63, 3.8) is 0 Å². The monoisotopic (exact) mass is 322 g/mol. The SMILES string of the molecule is CCN(CCCNC(=O)c1ccc2nc[nH]c2c1)c1ccccc1. The van der Waals surface area contributed by atoms with Gasteiger partial charge in [0.2, 0.25) is 0 Å². The molecule has 1 aromatic heterocycles. The van der Waals surface area contributed by atoms with Gasteiger partial charge in [0.25, 0.3) is 5.91 Å². The number of rotatable bonds is 7. The number of anilines is 1. The van der Waals surface area contributed by atoms with Crippen LogP contribution < -0.4 is 10.2 Å². The summed E-state index contributed by atoms with van der Waals surface area (Å²) in [6.07, 6.45) is 2.54. The summed E-state index contributed by atoms with van der Waals surface area (Å²) in [5.74, 6) is -0.0470. The number of hydrogen-bond acceptors (Lipinski definition) is 3. The van der Waals surface area contributed by atoms with Gasteiger partial charge in [-0.1, -0.05) is 18.2 Å². The van der Waals surface area contributed by atoms with Crippen LogP contribution in [0.2, 0.25) is 0 Å². The summed E-state index contributed by atoms with van der Waals surface area (Å²) >= 11 is 0. The van der Waals surface area contributed by atoms with Crippen LogP contribution in [0.3, 0.4) is 0 Å². The summed E-state index contributed by atoms with van der Waals surface area (Å²) < 4.78 is 0. The zero-order valence-electron chi connectivity index (χ0n) is 13.8. The summed E-state index contributed by atoms with van der Waals surface area (Å²) in [7, 11) is 0. The number of aromatic amines is 1. The van der Waals surface area contributed by atoms with Gasteiger partial charge < -0.3 is 15.2 Å². The molecule has 24 heavy (non-hydrogen) atoms. The molecule has 1 amide bonds. The zero-order valence-corrected chi connectivity index (χ0v) is 13.8. The quantitative estimate of drug-likeness (QED) is 0.657. The lowest BCUT2D eigenvalue weighted by molar-refractivity contribution is 0.0953. The number of para-hydroxylation sites is 1. The lowest BCUT2D eigenvalue weighted by Gasteiger charge is -2.23. The third-order valence-electron chi connectivity index (χ3n) is 4.08. The molecule has 3 rings (SSSR count). The first kappa shape index (κ1) is 16.1. The van der Waals surface area contributed by atoms with Crippen LogP contribution >= 0.6 is 0 Å². The van der Waals surface area contributed by atoms with Crippen molar-refractivity contribution in [1.82, 2.24) is 15.3 Å². The summed E-state index contributed by atoms with van der Waals surface area (Å²) in [6, 6.07) is 15.8. The Bertz CT molecular complexity index is 797. The molecule has 0 aliphatic heterocycles.